The van der Waals surface area contributed by atoms with Crippen LogP contribution in [-0.2, 0) is 0 Å². The van der Waals surface area contributed by atoms with Gasteiger partial charge in [-0.05, 0) is 37.3 Å². The Bertz CT molecular complexity index is 1080. The molecule has 0 saturated carbocycles. The molecule has 2 aromatic heterocycles. The van der Waals surface area contributed by atoms with Gasteiger partial charge in [0.1, 0.15) is 11.5 Å². The first kappa shape index (κ1) is 17.1. The molecule has 0 aliphatic carbocycles. The summed E-state index contributed by atoms with van der Waals surface area (Å²) in [7, 11) is 0. The van der Waals surface area contributed by atoms with Crippen molar-refractivity contribution in [3.8, 4) is 22.5 Å². The van der Waals surface area contributed by atoms with Crippen molar-refractivity contribution in [2.45, 2.75) is 6.92 Å². The number of halogens is 1. The Morgan fingerprint density at radius 3 is 2.56 bits per heavy atom. The van der Waals surface area contributed by atoms with Gasteiger partial charge in [-0.15, -0.1) is 0 Å². The molecule has 4 rings (SSSR count). The third-order valence-electron chi connectivity index (χ3n) is 4.10. The van der Waals surface area contributed by atoms with Gasteiger partial charge in [0.05, 0.1) is 17.5 Å². The molecule has 0 saturated heterocycles. The van der Waals surface area contributed by atoms with E-state index in [9.17, 15) is 4.79 Å². The van der Waals surface area contributed by atoms with Crippen molar-refractivity contribution in [3.05, 3.63) is 77.6 Å². The normalized spacial score (nSPS) is 10.7. The van der Waals surface area contributed by atoms with Crippen LogP contribution in [0.25, 0.3) is 22.5 Å². The quantitative estimate of drug-likeness (QED) is 0.528. The van der Waals surface area contributed by atoms with Crippen molar-refractivity contribution in [1.29, 1.82) is 0 Å². The number of amides is 1. The van der Waals surface area contributed by atoms with Gasteiger partial charge >= 0.3 is 6.03 Å². The van der Waals surface area contributed by atoms with Gasteiger partial charge in [0, 0.05) is 16.3 Å². The molecule has 0 aliphatic rings. The molecule has 0 fully saturated rings. The molecule has 0 aliphatic heterocycles. The van der Waals surface area contributed by atoms with Crippen LogP contribution in [-0.4, -0.2) is 21.0 Å². The standard InChI is InChI=1S/C20H15ClN4O2/c1-13-18(19(24-27-13)14-5-3-2-4-6-14)17-11-12-22-25(17)20(26)23-16-9-7-15(21)8-10-16/h2-12H,1H3,(H,23,26). The van der Waals surface area contributed by atoms with Crippen LogP contribution < -0.4 is 5.32 Å². The van der Waals surface area contributed by atoms with Crippen LogP contribution >= 0.6 is 11.6 Å². The van der Waals surface area contributed by atoms with Gasteiger partial charge < -0.3 is 9.84 Å². The predicted octanol–water partition coefficient (Wildman–Crippen LogP) is 5.25. The predicted molar refractivity (Wildman–Crippen MR) is 104 cm³/mol. The first-order valence-corrected chi connectivity index (χ1v) is 8.64. The Hall–Kier alpha value is -3.38. The van der Waals surface area contributed by atoms with Crippen LogP contribution in [0.2, 0.25) is 5.02 Å². The van der Waals surface area contributed by atoms with Crippen molar-refractivity contribution >= 4 is 23.3 Å². The summed E-state index contributed by atoms with van der Waals surface area (Å²) in [4.78, 5) is 12.7. The molecule has 2 aromatic carbocycles. The maximum atomic E-state index is 12.7. The first-order valence-electron chi connectivity index (χ1n) is 8.26. The molecule has 1 amide bonds. The fourth-order valence-electron chi connectivity index (χ4n) is 2.83. The molecule has 1 N–H and O–H groups in total. The highest BCUT2D eigenvalue weighted by molar-refractivity contribution is 6.30. The van der Waals surface area contributed by atoms with E-state index in [0.29, 0.717) is 27.9 Å². The van der Waals surface area contributed by atoms with Gasteiger partial charge in [-0.25, -0.2) is 4.79 Å². The van der Waals surface area contributed by atoms with Gasteiger partial charge in [0.15, 0.2) is 0 Å². The fraction of sp³-hybridized carbons (Fsp3) is 0.0500. The number of carbonyl (C=O) groups excluding carboxylic acids is 1. The summed E-state index contributed by atoms with van der Waals surface area (Å²) in [6.07, 6.45) is 1.57. The Balaban J connectivity index is 1.72. The summed E-state index contributed by atoms with van der Waals surface area (Å²) in [6.45, 7) is 1.81. The molecule has 4 aromatic rings. The lowest BCUT2D eigenvalue weighted by molar-refractivity contribution is 0.251. The molecule has 134 valence electrons. The van der Waals surface area contributed by atoms with E-state index in [0.717, 1.165) is 11.1 Å². The number of anilines is 1. The van der Waals surface area contributed by atoms with Crippen molar-refractivity contribution in [3.63, 3.8) is 0 Å². The summed E-state index contributed by atoms with van der Waals surface area (Å²) in [5, 5.41) is 11.7. The number of aryl methyl sites for hydroxylation is 1. The van der Waals surface area contributed by atoms with Crippen molar-refractivity contribution < 1.29 is 9.32 Å². The lowest BCUT2D eigenvalue weighted by Gasteiger charge is -2.09. The smallest absolute Gasteiger partial charge is 0.347 e. The maximum absolute atomic E-state index is 12.7. The molecule has 6 nitrogen and oxygen atoms in total. The molecule has 0 atom stereocenters. The van der Waals surface area contributed by atoms with Gasteiger partial charge in [-0.2, -0.15) is 9.78 Å². The number of hydrogen-bond acceptors (Lipinski definition) is 4. The van der Waals surface area contributed by atoms with E-state index in [1.807, 2.05) is 37.3 Å². The van der Waals surface area contributed by atoms with Gasteiger partial charge in [0.25, 0.3) is 0 Å². The topological polar surface area (TPSA) is 73.0 Å². The first-order chi connectivity index (χ1) is 13.1. The van der Waals surface area contributed by atoms with E-state index in [-0.39, 0.29) is 0 Å². The van der Waals surface area contributed by atoms with Crippen LogP contribution in [0.3, 0.4) is 0 Å². The van der Waals surface area contributed by atoms with E-state index in [1.54, 1.807) is 36.5 Å². The summed E-state index contributed by atoms with van der Waals surface area (Å²) >= 11 is 5.89. The Morgan fingerprint density at radius 1 is 1.07 bits per heavy atom. The number of hydrogen-bond donors (Lipinski definition) is 1. The second-order valence-electron chi connectivity index (χ2n) is 5.89. The molecular weight excluding hydrogens is 364 g/mol. The highest BCUT2D eigenvalue weighted by atomic mass is 35.5. The second kappa shape index (κ2) is 7.09. The molecule has 0 spiro atoms. The fourth-order valence-corrected chi connectivity index (χ4v) is 2.96. The van der Waals surface area contributed by atoms with Crippen LogP contribution in [0.5, 0.6) is 0 Å². The zero-order chi connectivity index (χ0) is 18.8. The highest BCUT2D eigenvalue weighted by Crippen LogP contribution is 2.34. The van der Waals surface area contributed by atoms with Crippen LogP contribution in [0.15, 0.2) is 71.4 Å². The second-order valence-corrected chi connectivity index (χ2v) is 6.33. The number of nitrogens with zero attached hydrogens (tertiary/aromatic N) is 3. The number of nitrogens with one attached hydrogen (secondary N) is 1. The minimum Gasteiger partial charge on any atom is -0.360 e. The molecule has 0 bridgehead atoms. The van der Waals surface area contributed by atoms with E-state index >= 15 is 0 Å². The summed E-state index contributed by atoms with van der Waals surface area (Å²) in [5.41, 5.74) is 3.50. The Morgan fingerprint density at radius 2 is 1.81 bits per heavy atom. The monoisotopic (exact) mass is 378 g/mol. The number of carbonyl (C=O) groups is 1. The van der Waals surface area contributed by atoms with Crippen LogP contribution in [0.1, 0.15) is 5.76 Å². The average molecular weight is 379 g/mol. The minimum atomic E-state index is -0.392. The molecule has 0 radical (unpaired) electrons. The van der Waals surface area contributed by atoms with Gasteiger partial charge in [-0.1, -0.05) is 47.1 Å². The zero-order valence-corrected chi connectivity index (χ0v) is 15.1. The van der Waals surface area contributed by atoms with E-state index in [2.05, 4.69) is 15.6 Å². The van der Waals surface area contributed by atoms with Crippen LogP contribution in [0, 0.1) is 6.92 Å². The maximum Gasteiger partial charge on any atom is 0.347 e. The van der Waals surface area contributed by atoms with E-state index < -0.39 is 6.03 Å². The Labute approximate surface area is 160 Å². The number of rotatable bonds is 3. The zero-order valence-electron chi connectivity index (χ0n) is 14.4. The number of aromatic nitrogens is 3. The van der Waals surface area contributed by atoms with Gasteiger partial charge in [-0.3, -0.25) is 0 Å². The SMILES string of the molecule is Cc1onc(-c2ccccc2)c1-c1ccnn1C(=O)Nc1ccc(Cl)cc1. The third-order valence-corrected chi connectivity index (χ3v) is 4.35. The summed E-state index contributed by atoms with van der Waals surface area (Å²) < 4.78 is 6.69. The van der Waals surface area contributed by atoms with E-state index in [1.165, 1.54) is 4.68 Å². The van der Waals surface area contributed by atoms with Crippen LogP contribution in [0.4, 0.5) is 10.5 Å². The molecule has 2 heterocycles. The van der Waals surface area contributed by atoms with E-state index in [4.69, 9.17) is 16.1 Å². The molecule has 27 heavy (non-hydrogen) atoms. The van der Waals surface area contributed by atoms with Crippen molar-refractivity contribution in [1.82, 2.24) is 14.9 Å². The minimum absolute atomic E-state index is 0.392. The van der Waals surface area contributed by atoms with Crippen molar-refractivity contribution in [2.24, 2.45) is 0 Å². The molecule has 0 unspecified atom stereocenters. The third kappa shape index (κ3) is 3.35. The average Bonchev–Trinajstić information content (AvgIpc) is 3.30. The van der Waals surface area contributed by atoms with Crippen molar-refractivity contribution in [2.75, 3.05) is 5.32 Å². The van der Waals surface area contributed by atoms with Gasteiger partial charge in [0.2, 0.25) is 0 Å². The molecule has 7 heteroatoms. The summed E-state index contributed by atoms with van der Waals surface area (Å²) in [6, 6.07) is 17.9. The highest BCUT2D eigenvalue weighted by Gasteiger charge is 2.22. The molecular formula is C20H15ClN4O2. The Kier molecular flexibility index (Phi) is 4.48. The lowest BCUT2D eigenvalue weighted by Crippen LogP contribution is -2.21. The summed E-state index contributed by atoms with van der Waals surface area (Å²) in [5.74, 6) is 0.606. The largest absolute Gasteiger partial charge is 0.360 e. The number of benzene rings is 2. The lowest BCUT2D eigenvalue weighted by atomic mass is 10.0.